The van der Waals surface area contributed by atoms with Gasteiger partial charge in [-0.1, -0.05) is 0 Å². The summed E-state index contributed by atoms with van der Waals surface area (Å²) >= 11 is 0. The van der Waals surface area contributed by atoms with Crippen molar-refractivity contribution in [2.24, 2.45) is 5.92 Å². The number of hydrogen-bond donors (Lipinski definition) is 2. The standard InChI is InChI=1S/C17H28N4O/c1-20(10-11-22)16-4-5-17(18-12-16)19-15-6-8-21(9-7-15)13-14-2-3-14/h4-5,12,14-15,22H,2-3,6-11,13H2,1H3,(H,18,19). The van der Waals surface area contributed by atoms with E-state index in [0.717, 1.165) is 17.4 Å². The second-order valence-corrected chi connectivity index (χ2v) is 6.71. The highest BCUT2D eigenvalue weighted by molar-refractivity contribution is 5.49. The highest BCUT2D eigenvalue weighted by atomic mass is 16.3. The monoisotopic (exact) mass is 304 g/mol. The van der Waals surface area contributed by atoms with E-state index in [-0.39, 0.29) is 6.61 Å². The van der Waals surface area contributed by atoms with Crippen LogP contribution < -0.4 is 10.2 Å². The zero-order chi connectivity index (χ0) is 15.4. The third kappa shape index (κ3) is 4.34. The molecule has 1 aromatic heterocycles. The number of piperidine rings is 1. The zero-order valence-electron chi connectivity index (χ0n) is 13.5. The lowest BCUT2D eigenvalue weighted by molar-refractivity contribution is 0.211. The van der Waals surface area contributed by atoms with Crippen molar-refractivity contribution in [3.05, 3.63) is 18.3 Å². The first-order chi connectivity index (χ1) is 10.7. The van der Waals surface area contributed by atoms with Crippen LogP contribution in [0.5, 0.6) is 0 Å². The molecule has 0 aromatic carbocycles. The third-order valence-corrected chi connectivity index (χ3v) is 4.78. The van der Waals surface area contributed by atoms with Gasteiger partial charge in [0.1, 0.15) is 5.82 Å². The first kappa shape index (κ1) is 15.6. The number of pyridine rings is 1. The van der Waals surface area contributed by atoms with Gasteiger partial charge in [-0.3, -0.25) is 0 Å². The zero-order valence-corrected chi connectivity index (χ0v) is 13.5. The van der Waals surface area contributed by atoms with Crippen molar-refractivity contribution in [1.82, 2.24) is 9.88 Å². The molecule has 2 heterocycles. The van der Waals surface area contributed by atoms with Gasteiger partial charge in [-0.05, 0) is 43.7 Å². The molecule has 22 heavy (non-hydrogen) atoms. The summed E-state index contributed by atoms with van der Waals surface area (Å²) in [6.45, 7) is 4.54. The van der Waals surface area contributed by atoms with Gasteiger partial charge < -0.3 is 20.2 Å². The molecule has 0 bridgehead atoms. The lowest BCUT2D eigenvalue weighted by atomic mass is 10.0. The number of likely N-dealkylation sites (N-methyl/N-ethyl adjacent to an activating group) is 1. The smallest absolute Gasteiger partial charge is 0.126 e. The van der Waals surface area contributed by atoms with Crippen molar-refractivity contribution in [3.8, 4) is 0 Å². The maximum Gasteiger partial charge on any atom is 0.126 e. The minimum absolute atomic E-state index is 0.163. The molecule has 5 heteroatoms. The predicted octanol–water partition coefficient (Wildman–Crippen LogP) is 1.80. The number of nitrogens with one attached hydrogen (secondary N) is 1. The number of likely N-dealkylation sites (tertiary alicyclic amines) is 1. The molecule has 5 nitrogen and oxygen atoms in total. The maximum absolute atomic E-state index is 8.97. The summed E-state index contributed by atoms with van der Waals surface area (Å²) in [5, 5.41) is 12.5. The van der Waals surface area contributed by atoms with Crippen molar-refractivity contribution in [1.29, 1.82) is 0 Å². The maximum atomic E-state index is 8.97. The van der Waals surface area contributed by atoms with Crippen LogP contribution in [0.1, 0.15) is 25.7 Å². The molecule has 1 aromatic rings. The number of aliphatic hydroxyl groups excluding tert-OH is 1. The molecule has 2 aliphatic rings. The number of anilines is 2. The summed E-state index contributed by atoms with van der Waals surface area (Å²) in [6.07, 6.45) is 7.18. The van der Waals surface area contributed by atoms with Crippen LogP contribution in [0.15, 0.2) is 18.3 Å². The Hall–Kier alpha value is -1.33. The summed E-state index contributed by atoms with van der Waals surface area (Å²) in [6, 6.07) is 4.65. The molecule has 122 valence electrons. The fraction of sp³-hybridized carbons (Fsp3) is 0.706. The van der Waals surface area contributed by atoms with Gasteiger partial charge >= 0.3 is 0 Å². The third-order valence-electron chi connectivity index (χ3n) is 4.78. The van der Waals surface area contributed by atoms with E-state index < -0.39 is 0 Å². The van der Waals surface area contributed by atoms with E-state index in [0.29, 0.717) is 12.6 Å². The van der Waals surface area contributed by atoms with Gasteiger partial charge in [-0.25, -0.2) is 4.98 Å². The summed E-state index contributed by atoms with van der Waals surface area (Å²) < 4.78 is 0. The highest BCUT2D eigenvalue weighted by Crippen LogP contribution is 2.30. The molecule has 1 saturated heterocycles. The van der Waals surface area contributed by atoms with Gasteiger partial charge in [-0.15, -0.1) is 0 Å². The second kappa shape index (κ2) is 7.29. The van der Waals surface area contributed by atoms with Crippen molar-refractivity contribution >= 4 is 11.5 Å². The fourth-order valence-electron chi connectivity index (χ4n) is 3.11. The topological polar surface area (TPSA) is 51.6 Å². The van der Waals surface area contributed by atoms with Crippen LogP contribution in [0, 0.1) is 5.92 Å². The molecule has 0 radical (unpaired) electrons. The molecule has 1 aliphatic heterocycles. The Morgan fingerprint density at radius 3 is 2.64 bits per heavy atom. The first-order valence-corrected chi connectivity index (χ1v) is 8.51. The normalized spacial score (nSPS) is 20.1. The average molecular weight is 304 g/mol. The van der Waals surface area contributed by atoms with Crippen molar-refractivity contribution in [2.75, 3.05) is 50.1 Å². The van der Waals surface area contributed by atoms with Gasteiger partial charge in [0.25, 0.3) is 0 Å². The van der Waals surface area contributed by atoms with Crippen LogP contribution in [0.3, 0.4) is 0 Å². The summed E-state index contributed by atoms with van der Waals surface area (Å²) in [5.41, 5.74) is 1.04. The molecule has 3 rings (SSSR count). The van der Waals surface area contributed by atoms with Crippen LogP contribution in [0.4, 0.5) is 11.5 Å². The summed E-state index contributed by atoms with van der Waals surface area (Å²) in [4.78, 5) is 9.13. The van der Waals surface area contributed by atoms with E-state index in [1.54, 1.807) is 0 Å². The second-order valence-electron chi connectivity index (χ2n) is 6.71. The van der Waals surface area contributed by atoms with Crippen LogP contribution in [0.25, 0.3) is 0 Å². The molecule has 2 N–H and O–H groups in total. The van der Waals surface area contributed by atoms with Gasteiger partial charge in [0.05, 0.1) is 18.5 Å². The SMILES string of the molecule is CN(CCO)c1ccc(NC2CCN(CC3CC3)CC2)nc1. The number of nitrogens with zero attached hydrogens (tertiary/aromatic N) is 3. The summed E-state index contributed by atoms with van der Waals surface area (Å²) in [7, 11) is 1.97. The number of rotatable bonds is 7. The van der Waals surface area contributed by atoms with Crippen LogP contribution in [-0.2, 0) is 0 Å². The molecule has 0 amide bonds. The molecular formula is C17H28N4O. The van der Waals surface area contributed by atoms with Gasteiger partial charge in [0.2, 0.25) is 0 Å². The van der Waals surface area contributed by atoms with E-state index in [1.165, 1.54) is 45.3 Å². The molecule has 1 aliphatic carbocycles. The predicted molar refractivity (Wildman–Crippen MR) is 90.4 cm³/mol. The lowest BCUT2D eigenvalue weighted by Crippen LogP contribution is -2.40. The quantitative estimate of drug-likeness (QED) is 0.804. The van der Waals surface area contributed by atoms with Crippen LogP contribution >= 0.6 is 0 Å². The van der Waals surface area contributed by atoms with Crippen molar-refractivity contribution < 1.29 is 5.11 Å². The molecule has 1 saturated carbocycles. The fourth-order valence-corrected chi connectivity index (χ4v) is 3.11. The Bertz CT molecular complexity index is 452. The lowest BCUT2D eigenvalue weighted by Gasteiger charge is -2.32. The van der Waals surface area contributed by atoms with Crippen LogP contribution in [-0.4, -0.2) is 60.9 Å². The molecule has 0 unspecified atom stereocenters. The van der Waals surface area contributed by atoms with E-state index >= 15 is 0 Å². The van der Waals surface area contributed by atoms with E-state index in [2.05, 4.69) is 21.3 Å². The van der Waals surface area contributed by atoms with Crippen LogP contribution in [0.2, 0.25) is 0 Å². The highest BCUT2D eigenvalue weighted by Gasteiger charge is 2.27. The van der Waals surface area contributed by atoms with E-state index in [4.69, 9.17) is 5.11 Å². The molecular weight excluding hydrogens is 276 g/mol. The molecule has 0 atom stereocenters. The Kier molecular flexibility index (Phi) is 5.16. The Balaban J connectivity index is 1.45. The van der Waals surface area contributed by atoms with E-state index in [1.807, 2.05) is 24.2 Å². The number of hydrogen-bond acceptors (Lipinski definition) is 5. The molecule has 0 spiro atoms. The average Bonchev–Trinajstić information content (AvgIpc) is 3.34. The Morgan fingerprint density at radius 2 is 2.05 bits per heavy atom. The Labute approximate surface area is 133 Å². The first-order valence-electron chi connectivity index (χ1n) is 8.51. The minimum Gasteiger partial charge on any atom is -0.395 e. The molecule has 2 fully saturated rings. The Morgan fingerprint density at radius 1 is 1.27 bits per heavy atom. The van der Waals surface area contributed by atoms with E-state index in [9.17, 15) is 0 Å². The van der Waals surface area contributed by atoms with Gasteiger partial charge in [0, 0.05) is 39.3 Å². The van der Waals surface area contributed by atoms with Crippen molar-refractivity contribution in [2.45, 2.75) is 31.7 Å². The summed E-state index contributed by atoms with van der Waals surface area (Å²) in [5.74, 6) is 1.96. The minimum atomic E-state index is 0.163. The number of aromatic nitrogens is 1. The van der Waals surface area contributed by atoms with Gasteiger partial charge in [-0.2, -0.15) is 0 Å². The van der Waals surface area contributed by atoms with Crippen molar-refractivity contribution in [3.63, 3.8) is 0 Å². The largest absolute Gasteiger partial charge is 0.395 e. The number of aliphatic hydroxyl groups is 1. The van der Waals surface area contributed by atoms with Gasteiger partial charge in [0.15, 0.2) is 0 Å².